The molecule has 0 aromatic carbocycles. The fourth-order valence-electron chi connectivity index (χ4n) is 1.83. The molecule has 0 aromatic heterocycles. The topological polar surface area (TPSA) is 52.9 Å². The lowest BCUT2D eigenvalue weighted by molar-refractivity contribution is -0.125. The van der Waals surface area contributed by atoms with Gasteiger partial charge in [-0.1, -0.05) is 19.8 Å². The lowest BCUT2D eigenvalue weighted by Gasteiger charge is -2.24. The van der Waals surface area contributed by atoms with Crippen molar-refractivity contribution in [2.45, 2.75) is 32.6 Å². The van der Waals surface area contributed by atoms with E-state index in [-0.39, 0.29) is 11.8 Å². The van der Waals surface area contributed by atoms with E-state index in [1.54, 1.807) is 6.19 Å². The molecule has 2 atom stereocenters. The van der Waals surface area contributed by atoms with E-state index in [2.05, 4.69) is 12.2 Å². The van der Waals surface area contributed by atoms with Crippen LogP contribution in [0.2, 0.25) is 0 Å². The Hall–Kier alpha value is -1.04. The van der Waals surface area contributed by atoms with Gasteiger partial charge in [-0.3, -0.25) is 10.1 Å². The first-order valence-corrected chi connectivity index (χ1v) is 4.43. The zero-order valence-corrected chi connectivity index (χ0v) is 7.34. The molecular formula is C9H14N2O. The number of carbonyl (C=O) groups is 1. The van der Waals surface area contributed by atoms with E-state index in [0.29, 0.717) is 5.92 Å². The first kappa shape index (κ1) is 9.05. The maximum Gasteiger partial charge on any atom is 0.236 e. The van der Waals surface area contributed by atoms with Crippen molar-refractivity contribution in [1.29, 1.82) is 5.26 Å². The van der Waals surface area contributed by atoms with Crippen LogP contribution in [0.25, 0.3) is 0 Å². The Morgan fingerprint density at radius 2 is 2.33 bits per heavy atom. The van der Waals surface area contributed by atoms with Crippen molar-refractivity contribution >= 4 is 5.91 Å². The molecule has 0 aliphatic heterocycles. The molecule has 1 amide bonds. The van der Waals surface area contributed by atoms with Crippen LogP contribution in [0.1, 0.15) is 32.6 Å². The second-order valence-electron chi connectivity index (χ2n) is 3.57. The zero-order valence-electron chi connectivity index (χ0n) is 7.34. The molecule has 0 heterocycles. The minimum Gasteiger partial charge on any atom is -0.274 e. The van der Waals surface area contributed by atoms with E-state index in [9.17, 15) is 4.79 Å². The van der Waals surface area contributed by atoms with E-state index < -0.39 is 0 Å². The number of hydrogen-bond acceptors (Lipinski definition) is 2. The molecule has 1 aliphatic rings. The minimum atomic E-state index is -0.0935. The highest BCUT2D eigenvalue weighted by Gasteiger charge is 2.24. The second kappa shape index (κ2) is 4.10. The summed E-state index contributed by atoms with van der Waals surface area (Å²) in [7, 11) is 0. The summed E-state index contributed by atoms with van der Waals surface area (Å²) in [5.41, 5.74) is 0. The fraction of sp³-hybridized carbons (Fsp3) is 0.778. The predicted octanol–water partition coefficient (Wildman–Crippen LogP) is 1.41. The quantitative estimate of drug-likeness (QED) is 0.473. The number of carbonyl (C=O) groups excluding carboxylic acids is 1. The lowest BCUT2D eigenvalue weighted by atomic mass is 9.82. The molecule has 12 heavy (non-hydrogen) atoms. The van der Waals surface area contributed by atoms with Gasteiger partial charge in [-0.25, -0.2) is 0 Å². The van der Waals surface area contributed by atoms with Gasteiger partial charge in [-0.15, -0.1) is 0 Å². The van der Waals surface area contributed by atoms with Crippen molar-refractivity contribution in [2.75, 3.05) is 0 Å². The Kier molecular flexibility index (Phi) is 3.09. The maximum absolute atomic E-state index is 11.2. The van der Waals surface area contributed by atoms with E-state index in [0.717, 1.165) is 19.3 Å². The fourth-order valence-corrected chi connectivity index (χ4v) is 1.83. The van der Waals surface area contributed by atoms with Gasteiger partial charge in [0, 0.05) is 5.92 Å². The number of nitrogens with zero attached hydrogens (tertiary/aromatic N) is 1. The number of hydrogen-bond donors (Lipinski definition) is 1. The van der Waals surface area contributed by atoms with Gasteiger partial charge in [0.25, 0.3) is 0 Å². The van der Waals surface area contributed by atoms with Crippen LogP contribution in [-0.2, 0) is 4.79 Å². The first-order valence-electron chi connectivity index (χ1n) is 4.43. The third-order valence-corrected chi connectivity index (χ3v) is 2.49. The minimum absolute atomic E-state index is 0.0772. The first-order chi connectivity index (χ1) is 5.74. The molecule has 0 aromatic rings. The van der Waals surface area contributed by atoms with Crippen LogP contribution in [0.5, 0.6) is 0 Å². The summed E-state index contributed by atoms with van der Waals surface area (Å²) in [5, 5.41) is 10.5. The van der Waals surface area contributed by atoms with Crippen molar-refractivity contribution in [3.05, 3.63) is 0 Å². The van der Waals surface area contributed by atoms with Crippen LogP contribution >= 0.6 is 0 Å². The highest BCUT2D eigenvalue weighted by atomic mass is 16.1. The molecule has 0 spiro atoms. The molecule has 1 fully saturated rings. The van der Waals surface area contributed by atoms with Gasteiger partial charge in [0.05, 0.1) is 0 Å². The maximum atomic E-state index is 11.2. The van der Waals surface area contributed by atoms with Gasteiger partial charge < -0.3 is 0 Å². The average molecular weight is 166 g/mol. The van der Waals surface area contributed by atoms with Crippen molar-refractivity contribution in [1.82, 2.24) is 5.32 Å². The lowest BCUT2D eigenvalue weighted by Crippen LogP contribution is -2.30. The SMILES string of the molecule is CC1CCCC(C(=O)NC#N)C1. The molecule has 0 radical (unpaired) electrons. The summed E-state index contributed by atoms with van der Waals surface area (Å²) in [4.78, 5) is 11.2. The van der Waals surface area contributed by atoms with Gasteiger partial charge in [-0.2, -0.15) is 5.26 Å². The van der Waals surface area contributed by atoms with Crippen molar-refractivity contribution < 1.29 is 4.79 Å². The van der Waals surface area contributed by atoms with Gasteiger partial charge in [-0.05, 0) is 18.8 Å². The molecule has 0 saturated heterocycles. The zero-order chi connectivity index (χ0) is 8.97. The van der Waals surface area contributed by atoms with E-state index in [1.165, 1.54) is 6.42 Å². The smallest absolute Gasteiger partial charge is 0.236 e. The third-order valence-electron chi connectivity index (χ3n) is 2.49. The van der Waals surface area contributed by atoms with Crippen LogP contribution in [0.15, 0.2) is 0 Å². The van der Waals surface area contributed by atoms with E-state index in [1.807, 2.05) is 0 Å². The summed E-state index contributed by atoms with van der Waals surface area (Å²) >= 11 is 0. The highest BCUT2D eigenvalue weighted by Crippen LogP contribution is 2.28. The molecule has 1 N–H and O–H groups in total. The van der Waals surface area contributed by atoms with E-state index in [4.69, 9.17) is 5.26 Å². The number of nitrogens with one attached hydrogen (secondary N) is 1. The van der Waals surface area contributed by atoms with Crippen molar-refractivity contribution in [3.8, 4) is 6.19 Å². The molecule has 1 rings (SSSR count). The molecule has 66 valence electrons. The summed E-state index contributed by atoms with van der Waals surface area (Å²) in [6.07, 6.45) is 5.89. The highest BCUT2D eigenvalue weighted by molar-refractivity contribution is 5.80. The van der Waals surface area contributed by atoms with Crippen LogP contribution in [0.4, 0.5) is 0 Å². The van der Waals surface area contributed by atoms with Crippen LogP contribution < -0.4 is 5.32 Å². The summed E-state index contributed by atoms with van der Waals surface area (Å²) in [6, 6.07) is 0. The molecule has 2 unspecified atom stereocenters. The largest absolute Gasteiger partial charge is 0.274 e. The third kappa shape index (κ3) is 2.23. The number of rotatable bonds is 1. The number of nitriles is 1. The Morgan fingerprint density at radius 1 is 1.58 bits per heavy atom. The van der Waals surface area contributed by atoms with Crippen molar-refractivity contribution in [3.63, 3.8) is 0 Å². The van der Waals surface area contributed by atoms with Crippen LogP contribution in [0.3, 0.4) is 0 Å². The molecule has 3 nitrogen and oxygen atoms in total. The molecular weight excluding hydrogens is 152 g/mol. The number of amides is 1. The monoisotopic (exact) mass is 166 g/mol. The van der Waals surface area contributed by atoms with Gasteiger partial charge in [0.15, 0.2) is 6.19 Å². The second-order valence-corrected chi connectivity index (χ2v) is 3.57. The predicted molar refractivity (Wildman–Crippen MR) is 44.9 cm³/mol. The van der Waals surface area contributed by atoms with Crippen molar-refractivity contribution in [2.24, 2.45) is 11.8 Å². The normalized spacial score (nSPS) is 29.0. The molecule has 0 bridgehead atoms. The average Bonchev–Trinajstić information content (AvgIpc) is 2.05. The Balaban J connectivity index is 2.41. The van der Waals surface area contributed by atoms with E-state index >= 15 is 0 Å². The van der Waals surface area contributed by atoms with Crippen LogP contribution in [0, 0.1) is 23.3 Å². The van der Waals surface area contributed by atoms with Crippen LogP contribution in [-0.4, -0.2) is 5.91 Å². The standard InChI is InChI=1S/C9H14N2O/c1-7-3-2-4-8(5-7)9(12)11-6-10/h7-8H,2-5H2,1H3,(H,11,12). The Morgan fingerprint density at radius 3 is 2.92 bits per heavy atom. The summed E-state index contributed by atoms with van der Waals surface area (Å²) < 4.78 is 0. The molecule has 3 heteroatoms. The molecule has 1 aliphatic carbocycles. The van der Waals surface area contributed by atoms with Gasteiger partial charge >= 0.3 is 0 Å². The van der Waals surface area contributed by atoms with Gasteiger partial charge in [0.1, 0.15) is 0 Å². The summed E-state index contributed by atoms with van der Waals surface area (Å²) in [5.74, 6) is 0.616. The summed E-state index contributed by atoms with van der Waals surface area (Å²) in [6.45, 7) is 2.16. The Labute approximate surface area is 72.8 Å². The van der Waals surface area contributed by atoms with Gasteiger partial charge in [0.2, 0.25) is 5.91 Å². The molecule has 1 saturated carbocycles. The Bertz CT molecular complexity index is 207.